The Morgan fingerprint density at radius 2 is 0.449 bits per heavy atom. The van der Waals surface area contributed by atoms with Crippen molar-refractivity contribution in [3.8, 4) is 0 Å². The van der Waals surface area contributed by atoms with E-state index in [0.717, 1.165) is 34.6 Å². The lowest BCUT2D eigenvalue weighted by Gasteiger charge is -2.53. The highest BCUT2D eigenvalue weighted by Gasteiger charge is 2.64. The molecule has 786 valence electrons. The molecule has 136 heavy (non-hydrogen) atoms. The van der Waals surface area contributed by atoms with E-state index in [2.05, 4.69) is 26.6 Å². The van der Waals surface area contributed by atoms with Gasteiger partial charge in [0.2, 0.25) is 29.5 Å². The molecule has 11 fully saturated rings. The van der Waals surface area contributed by atoms with Gasteiger partial charge in [0.05, 0.1) is 72.2 Å². The zero-order chi connectivity index (χ0) is 100. The second-order valence-electron chi connectivity index (χ2n) is 34.5. The first-order valence-corrected chi connectivity index (χ1v) is 43.5. The van der Waals surface area contributed by atoms with E-state index in [1.165, 1.54) is 6.92 Å². The Kier molecular flexibility index (Phi) is 40.1. The average Bonchev–Trinajstić information content (AvgIpc) is 0.760. The van der Waals surface area contributed by atoms with Crippen LogP contribution in [0.4, 0.5) is 0 Å². The summed E-state index contributed by atoms with van der Waals surface area (Å²) in [6.07, 6.45) is -110. The molecule has 0 aliphatic carbocycles. The number of rotatable bonds is 35. The van der Waals surface area contributed by atoms with Gasteiger partial charge in [-0.15, -0.1) is 0 Å². The minimum atomic E-state index is -2.86. The van der Waals surface area contributed by atoms with Crippen LogP contribution in [0.2, 0.25) is 0 Å². The number of hydrogen-bond donors (Lipinski definition) is 34. The van der Waals surface area contributed by atoms with E-state index in [4.69, 9.17) is 99.5 Å². The van der Waals surface area contributed by atoms with Crippen molar-refractivity contribution in [2.24, 2.45) is 0 Å². The smallest absolute Gasteiger partial charge is 0.217 e. The molecular formula is C76H127N5O55. The molecule has 34 N–H and O–H groups in total. The van der Waals surface area contributed by atoms with Crippen LogP contribution < -0.4 is 26.6 Å². The predicted octanol–water partition coefficient (Wildman–Crippen LogP) is -23.2. The Hall–Kier alpha value is -4.65. The van der Waals surface area contributed by atoms with Crippen LogP contribution in [-0.4, -0.2) is 581 Å². The summed E-state index contributed by atoms with van der Waals surface area (Å²) in [7, 11) is 0. The minimum absolute atomic E-state index is 0.858. The standard InChI is InChI=1S/C76H127N5O55/c1-17-38(96)47(105)52(110)72(117-17)134-63-37(81-22(6)95)66(115)118-31(15-90)61(63)132-69-35(79-20(4)93)45(103)59(29(13-88)124-69)131-75-56(114)64(62(133-67-33(77-18(2)91)43(101)39(97)23(7-82)119-67)32(127-75)16-116-71-51(109)48(106)40(98)24(8-83)120-71)135-76-65(136-70-36(80-21(5)94)46(104)58(28(12-87)125-70)130-74-54(112)50(108)42(100)26(10-85)122-74)55(113)60(30(14-89)126-76)128-68-34(78-19(3)92)44(102)57(27(11-86)123-68)129-73-53(111)49(107)41(99)25(9-84)121-73/h17,23-76,82-90,96-115H,7-16H2,1-6H3,(H,77,91)(H,78,92)(H,79,93)(H,80,94)(H,81,95)/t17-,23+,24+,25+,26+,27+,28+,29+,30+,31+,32+,33+,34+,35+,36+,37+,38+,39+,40+,41-,42-,43+,44+,45+,46+,47+,48-,49-,50-,51-,52-,53+,54+,55-,56-,57+,58+,59+,60+,61+,62+,63+,64+,65-,66+,67-,68-,69-,70-,71-,72-,73-,74-,75-,76+/m0/s1. The zero-order valence-electron chi connectivity index (χ0n) is 73.4. The van der Waals surface area contributed by atoms with Crippen LogP contribution in [0.25, 0.3) is 0 Å². The number of aliphatic hydroxyl groups excluding tert-OH is 29. The number of carbonyl (C=O) groups excluding carboxylic acids is 5. The summed E-state index contributed by atoms with van der Waals surface area (Å²) >= 11 is 0. The van der Waals surface area contributed by atoms with Gasteiger partial charge in [-0.25, -0.2) is 0 Å². The molecule has 0 radical (unpaired) electrons. The van der Waals surface area contributed by atoms with Crippen molar-refractivity contribution in [1.29, 1.82) is 0 Å². The SMILES string of the molecule is CC(=O)N[C@@H]1[C@@H](O[C@@H]2O[C@@H](C)[C@@H](O)[C@@H](O)[C@@H]2O)[C@H](O[C@@H]2O[C@H](CO)[C@@H](O[C@@H]3O[C@H](CO[C@H]4O[C@H](CO)[C@@H](O)[C@H](O)[C@@H]4O)[C@@H](O[C@@H]4O[C@H](CO)[C@@H](O)[C@H](O)[C@H]4NC(C)=O)[C@H](O[C@H]4O[C@H](CO)[C@@H](O[C@@H]5O[C@H](CO)[C@@H](O[C@@H]6O[C@H](CO)[C@H](O)[C@H](O)[C@H]6O)[C@H](O)[C@H]5NC(C)=O)[C@H](O)[C@@H]4O[C@@H]4O[C@H](CO)[C@@H](O[C@@H]5O[C@H](CO)[C@H](O)[C@H](O)[C@H]5O)[C@H](O)[C@H]4NC(C)=O)[C@@H]3O)[C@H](O)[C@H]2NC(C)=O)[C@@H](CO)O[C@H]1O. The average molecular weight is 1990 g/mol. The maximum atomic E-state index is 13.6. The van der Waals surface area contributed by atoms with Gasteiger partial charge in [-0.2, -0.15) is 0 Å². The Balaban J connectivity index is 1.04. The molecule has 11 rings (SSSR count). The van der Waals surface area contributed by atoms with Gasteiger partial charge in [0.1, 0.15) is 262 Å². The van der Waals surface area contributed by atoms with Crippen LogP contribution >= 0.6 is 0 Å². The molecule has 60 heteroatoms. The summed E-state index contributed by atoms with van der Waals surface area (Å²) in [5, 5.41) is 340. The Morgan fingerprint density at radius 1 is 0.206 bits per heavy atom. The van der Waals surface area contributed by atoms with Gasteiger partial charge in [-0.1, -0.05) is 0 Å². The molecule has 0 spiro atoms. The van der Waals surface area contributed by atoms with Gasteiger partial charge in [0.15, 0.2) is 69.2 Å². The van der Waals surface area contributed by atoms with Crippen molar-refractivity contribution in [3.63, 3.8) is 0 Å². The van der Waals surface area contributed by atoms with Crippen LogP contribution in [0, 0.1) is 0 Å². The van der Waals surface area contributed by atoms with Crippen molar-refractivity contribution in [2.75, 3.05) is 66.1 Å². The van der Waals surface area contributed by atoms with Crippen LogP contribution in [0.3, 0.4) is 0 Å². The van der Waals surface area contributed by atoms with E-state index in [1.54, 1.807) is 0 Å². The van der Waals surface area contributed by atoms with E-state index in [0.29, 0.717) is 0 Å². The maximum absolute atomic E-state index is 13.6. The Labute approximate surface area is 770 Å². The molecule has 0 saturated carbocycles. The minimum Gasteiger partial charge on any atom is -0.394 e. The van der Waals surface area contributed by atoms with Crippen LogP contribution in [0.1, 0.15) is 41.5 Å². The maximum Gasteiger partial charge on any atom is 0.217 e. The fourth-order valence-electron chi connectivity index (χ4n) is 17.8. The molecule has 5 amide bonds. The van der Waals surface area contributed by atoms with Crippen LogP contribution in [0.5, 0.6) is 0 Å². The molecule has 0 unspecified atom stereocenters. The zero-order valence-corrected chi connectivity index (χ0v) is 73.4. The topological polar surface area (TPSA) is 926 Å². The summed E-state index contributed by atoms with van der Waals surface area (Å²) < 4.78 is 129. The van der Waals surface area contributed by atoms with Crippen molar-refractivity contribution in [2.45, 2.75) is 379 Å². The molecule has 55 atom stereocenters. The Bertz CT molecular complexity index is 3760. The molecule has 0 aromatic heterocycles. The van der Waals surface area contributed by atoms with E-state index in [1.807, 2.05) is 0 Å². The third kappa shape index (κ3) is 24.6. The highest BCUT2D eigenvalue weighted by atomic mass is 16.8. The number of hydrogen-bond acceptors (Lipinski definition) is 55. The second kappa shape index (κ2) is 48.8. The first-order chi connectivity index (χ1) is 64.3. The number of nitrogens with one attached hydrogen (secondary N) is 5. The van der Waals surface area contributed by atoms with E-state index in [-0.39, 0.29) is 0 Å². The van der Waals surface area contributed by atoms with Crippen molar-refractivity contribution in [3.05, 3.63) is 0 Å². The van der Waals surface area contributed by atoms with Gasteiger partial charge in [-0.05, 0) is 6.92 Å². The predicted molar refractivity (Wildman–Crippen MR) is 419 cm³/mol. The van der Waals surface area contributed by atoms with Gasteiger partial charge in [0, 0.05) is 34.6 Å². The highest BCUT2D eigenvalue weighted by Crippen LogP contribution is 2.43. The van der Waals surface area contributed by atoms with Crippen molar-refractivity contribution >= 4 is 29.5 Å². The van der Waals surface area contributed by atoms with E-state index >= 15 is 0 Å². The first-order valence-electron chi connectivity index (χ1n) is 43.5. The van der Waals surface area contributed by atoms with E-state index < -0.39 is 433 Å². The molecule has 11 aliphatic heterocycles. The molecule has 0 bridgehead atoms. The van der Waals surface area contributed by atoms with Gasteiger partial charge >= 0.3 is 0 Å². The molecule has 11 heterocycles. The summed E-state index contributed by atoms with van der Waals surface area (Å²) in [6, 6.07) is -10.3. The quantitative estimate of drug-likeness (QED) is 0.0280. The van der Waals surface area contributed by atoms with E-state index in [9.17, 15) is 172 Å². The van der Waals surface area contributed by atoms with Gasteiger partial charge in [-0.3, -0.25) is 24.0 Å². The summed E-state index contributed by atoms with van der Waals surface area (Å²) in [4.78, 5) is 66.5. The summed E-state index contributed by atoms with van der Waals surface area (Å²) in [5.41, 5.74) is 0. The lowest BCUT2D eigenvalue weighted by molar-refractivity contribution is -0.414. The van der Waals surface area contributed by atoms with Crippen LogP contribution in [-0.2, 0) is 123 Å². The number of aliphatic hydroxyl groups is 29. The normalized spacial score (nSPS) is 49.2. The third-order valence-electron chi connectivity index (χ3n) is 24.9. The number of carbonyl (C=O) groups is 5. The molecule has 0 aromatic rings. The largest absolute Gasteiger partial charge is 0.394 e. The van der Waals surface area contributed by atoms with Crippen molar-refractivity contribution < 1.29 is 272 Å². The molecule has 0 aromatic carbocycles. The third-order valence-corrected chi connectivity index (χ3v) is 24.9. The fraction of sp³-hybridized carbons (Fsp3) is 0.934. The van der Waals surface area contributed by atoms with Crippen molar-refractivity contribution in [1.82, 2.24) is 26.6 Å². The molecule has 11 saturated heterocycles. The first kappa shape index (κ1) is 112. The fourth-order valence-corrected chi connectivity index (χ4v) is 17.8. The summed E-state index contributed by atoms with van der Waals surface area (Å²) in [5.74, 6) is -5.09. The molecule has 60 nitrogen and oxygen atoms in total. The van der Waals surface area contributed by atoms with Gasteiger partial charge in [0.25, 0.3) is 0 Å². The monoisotopic (exact) mass is 1990 g/mol. The van der Waals surface area contributed by atoms with Gasteiger partial charge < -0.3 is 274 Å². The molecule has 11 aliphatic rings. The lowest BCUT2D eigenvalue weighted by atomic mass is 9.93. The Morgan fingerprint density at radius 3 is 0.824 bits per heavy atom. The molecular weight excluding hydrogens is 1860 g/mol. The number of ether oxygens (including phenoxy) is 21. The second-order valence-corrected chi connectivity index (χ2v) is 34.5. The lowest BCUT2D eigenvalue weighted by Crippen LogP contribution is -2.72. The number of amides is 5. The highest BCUT2D eigenvalue weighted by molar-refractivity contribution is 5.75. The summed E-state index contributed by atoms with van der Waals surface area (Å²) in [6.45, 7) is -6.40. The van der Waals surface area contributed by atoms with Crippen LogP contribution in [0.15, 0.2) is 0 Å².